The molecule has 1 aromatic heterocycles. The lowest BCUT2D eigenvalue weighted by Gasteiger charge is -2.09. The number of nitrogens with zero attached hydrogens (tertiary/aromatic N) is 2. The zero-order chi connectivity index (χ0) is 12.3. The summed E-state index contributed by atoms with van der Waals surface area (Å²) < 4.78 is 7.41. The second-order valence-corrected chi connectivity index (χ2v) is 3.96. The minimum Gasteiger partial charge on any atom is -0.487 e. The molecule has 0 aliphatic carbocycles. The summed E-state index contributed by atoms with van der Waals surface area (Å²) in [5.41, 5.74) is 1.29. The van der Waals surface area contributed by atoms with Crippen molar-refractivity contribution >= 4 is 17.9 Å². The van der Waals surface area contributed by atoms with Crippen molar-refractivity contribution in [1.29, 1.82) is 0 Å². The van der Waals surface area contributed by atoms with Crippen molar-refractivity contribution in [3.8, 4) is 5.75 Å². The molecule has 0 fully saturated rings. The zero-order valence-corrected chi connectivity index (χ0v) is 10.0. The first-order valence-corrected chi connectivity index (χ1v) is 5.42. The van der Waals surface area contributed by atoms with E-state index in [1.54, 1.807) is 30.7 Å². The van der Waals surface area contributed by atoms with E-state index in [1.165, 1.54) is 0 Å². The maximum absolute atomic E-state index is 10.9. The second-order valence-electron chi connectivity index (χ2n) is 3.55. The van der Waals surface area contributed by atoms with Crippen LogP contribution in [0.5, 0.6) is 5.75 Å². The van der Waals surface area contributed by atoms with Gasteiger partial charge in [-0.2, -0.15) is 0 Å². The van der Waals surface area contributed by atoms with Crippen molar-refractivity contribution in [2.75, 3.05) is 0 Å². The maximum Gasteiger partial charge on any atom is 0.155 e. The number of imidazole rings is 1. The average Bonchev–Trinajstić information content (AvgIpc) is 2.72. The molecule has 0 radical (unpaired) electrons. The molecule has 1 heterocycles. The van der Waals surface area contributed by atoms with Gasteiger partial charge in [0.2, 0.25) is 0 Å². The molecule has 0 bridgehead atoms. The second kappa shape index (κ2) is 5.01. The number of hydrogen-bond acceptors (Lipinski definition) is 3. The quantitative estimate of drug-likeness (QED) is 0.783. The normalized spacial score (nSPS) is 10.2. The van der Waals surface area contributed by atoms with E-state index >= 15 is 0 Å². The van der Waals surface area contributed by atoms with E-state index in [1.807, 2.05) is 11.6 Å². The number of hydrogen-bond donors (Lipinski definition) is 0. The van der Waals surface area contributed by atoms with Gasteiger partial charge in [-0.3, -0.25) is 4.79 Å². The van der Waals surface area contributed by atoms with E-state index in [-0.39, 0.29) is 0 Å². The Kier molecular flexibility index (Phi) is 3.44. The Morgan fingerprint density at radius 2 is 2.35 bits per heavy atom. The third-order valence-electron chi connectivity index (χ3n) is 2.42. The van der Waals surface area contributed by atoms with Crippen molar-refractivity contribution in [2.24, 2.45) is 7.05 Å². The molecule has 0 saturated carbocycles. The first-order chi connectivity index (χ1) is 8.22. The van der Waals surface area contributed by atoms with Crippen molar-refractivity contribution in [1.82, 2.24) is 9.55 Å². The van der Waals surface area contributed by atoms with Crippen LogP contribution < -0.4 is 4.74 Å². The number of carbonyl (C=O) groups is 1. The predicted octanol–water partition coefficient (Wildman–Crippen LogP) is 2.47. The molecular formula is C12H11ClN2O2. The van der Waals surface area contributed by atoms with E-state index in [9.17, 15) is 4.79 Å². The number of aromatic nitrogens is 2. The van der Waals surface area contributed by atoms with Crippen LogP contribution in [-0.2, 0) is 13.7 Å². The van der Waals surface area contributed by atoms with Crippen LogP contribution in [0.3, 0.4) is 0 Å². The Hall–Kier alpha value is -1.81. The highest BCUT2D eigenvalue weighted by Gasteiger charge is 2.08. The molecule has 1 aromatic carbocycles. The van der Waals surface area contributed by atoms with Crippen LogP contribution in [0.2, 0.25) is 5.02 Å². The highest BCUT2D eigenvalue weighted by Crippen LogP contribution is 2.25. The zero-order valence-electron chi connectivity index (χ0n) is 9.26. The first kappa shape index (κ1) is 11.7. The van der Waals surface area contributed by atoms with Crippen molar-refractivity contribution in [2.45, 2.75) is 6.61 Å². The van der Waals surface area contributed by atoms with Crippen molar-refractivity contribution < 1.29 is 9.53 Å². The summed E-state index contributed by atoms with van der Waals surface area (Å²) in [6.07, 6.45) is 4.10. The molecule has 4 nitrogen and oxygen atoms in total. The Labute approximate surface area is 104 Å². The Morgan fingerprint density at radius 1 is 1.53 bits per heavy atom. The molecule has 0 aliphatic rings. The fraction of sp³-hybridized carbons (Fsp3) is 0.167. The molecule has 0 N–H and O–H groups in total. The lowest BCUT2D eigenvalue weighted by atomic mass is 10.2. The number of benzene rings is 1. The minimum atomic E-state index is 0.345. The van der Waals surface area contributed by atoms with Crippen LogP contribution in [0.4, 0.5) is 0 Å². The third-order valence-corrected chi connectivity index (χ3v) is 2.75. The molecule has 0 aliphatic heterocycles. The summed E-state index contributed by atoms with van der Waals surface area (Å²) in [6, 6.07) is 5.11. The predicted molar refractivity (Wildman–Crippen MR) is 64.4 cm³/mol. The van der Waals surface area contributed by atoms with Crippen LogP contribution in [0.15, 0.2) is 30.7 Å². The lowest BCUT2D eigenvalue weighted by Crippen LogP contribution is -2.02. The number of rotatable bonds is 4. The monoisotopic (exact) mass is 250 g/mol. The number of carbonyl (C=O) groups excluding carboxylic acids is 1. The Morgan fingerprint density at radius 3 is 3.00 bits per heavy atom. The highest BCUT2D eigenvalue weighted by atomic mass is 35.5. The van der Waals surface area contributed by atoms with Gasteiger partial charge in [0.25, 0.3) is 0 Å². The topological polar surface area (TPSA) is 44.1 Å². The van der Waals surface area contributed by atoms with Crippen molar-refractivity contribution in [3.05, 3.63) is 47.0 Å². The van der Waals surface area contributed by atoms with Gasteiger partial charge in [-0.1, -0.05) is 17.7 Å². The molecule has 88 valence electrons. The molecule has 0 atom stereocenters. The molecule has 0 saturated heterocycles. The van der Waals surface area contributed by atoms with Crippen LogP contribution >= 0.6 is 11.6 Å². The van der Waals surface area contributed by atoms with E-state index < -0.39 is 0 Å². The van der Waals surface area contributed by atoms with E-state index in [0.717, 1.165) is 5.69 Å². The molecule has 0 amide bonds. The SMILES string of the molecule is Cn1cncc1COc1cccc(Cl)c1C=O. The summed E-state index contributed by atoms with van der Waals surface area (Å²) >= 11 is 5.89. The van der Waals surface area contributed by atoms with Crippen molar-refractivity contribution in [3.63, 3.8) is 0 Å². The minimum absolute atomic E-state index is 0.345. The Balaban J connectivity index is 2.17. The van der Waals surface area contributed by atoms with Gasteiger partial charge in [0.1, 0.15) is 12.4 Å². The van der Waals surface area contributed by atoms with E-state index in [4.69, 9.17) is 16.3 Å². The molecule has 5 heteroatoms. The van der Waals surface area contributed by atoms with Gasteiger partial charge in [0.15, 0.2) is 6.29 Å². The van der Waals surface area contributed by atoms with Crippen LogP contribution in [0.1, 0.15) is 16.1 Å². The van der Waals surface area contributed by atoms with E-state index in [2.05, 4.69) is 4.98 Å². The number of halogens is 1. The van der Waals surface area contributed by atoms with Gasteiger partial charge < -0.3 is 9.30 Å². The number of aldehydes is 1. The average molecular weight is 251 g/mol. The lowest BCUT2D eigenvalue weighted by molar-refractivity contribution is 0.111. The van der Waals surface area contributed by atoms with Gasteiger partial charge in [-0.25, -0.2) is 4.98 Å². The molecule has 2 aromatic rings. The summed E-state index contributed by atoms with van der Waals surface area (Å²) in [4.78, 5) is 14.9. The van der Waals surface area contributed by atoms with E-state index in [0.29, 0.717) is 29.2 Å². The highest BCUT2D eigenvalue weighted by molar-refractivity contribution is 6.33. The largest absolute Gasteiger partial charge is 0.487 e. The first-order valence-electron chi connectivity index (χ1n) is 5.04. The number of ether oxygens (including phenoxy) is 1. The standard InChI is InChI=1S/C12H11ClN2O2/c1-15-8-14-5-9(15)7-17-12-4-2-3-11(13)10(12)6-16/h2-6,8H,7H2,1H3. The molecule has 0 spiro atoms. The molecule has 0 unspecified atom stereocenters. The van der Waals surface area contributed by atoms with Crippen LogP contribution in [0.25, 0.3) is 0 Å². The molecule has 17 heavy (non-hydrogen) atoms. The Bertz CT molecular complexity index is 537. The third kappa shape index (κ3) is 2.47. The van der Waals surface area contributed by atoms with Gasteiger partial charge in [-0.05, 0) is 12.1 Å². The van der Waals surface area contributed by atoms with Gasteiger partial charge >= 0.3 is 0 Å². The smallest absolute Gasteiger partial charge is 0.155 e. The fourth-order valence-electron chi connectivity index (χ4n) is 1.43. The van der Waals surface area contributed by atoms with Crippen LogP contribution in [-0.4, -0.2) is 15.8 Å². The maximum atomic E-state index is 10.9. The summed E-state index contributed by atoms with van der Waals surface area (Å²) in [5.74, 6) is 0.480. The summed E-state index contributed by atoms with van der Waals surface area (Å²) in [5, 5.41) is 0.391. The summed E-state index contributed by atoms with van der Waals surface area (Å²) in [7, 11) is 1.88. The number of aryl methyl sites for hydroxylation is 1. The molecular weight excluding hydrogens is 240 g/mol. The van der Waals surface area contributed by atoms with Gasteiger partial charge in [0.05, 0.1) is 28.8 Å². The van der Waals surface area contributed by atoms with Gasteiger partial charge in [-0.15, -0.1) is 0 Å². The molecule has 2 rings (SSSR count). The van der Waals surface area contributed by atoms with Crippen LogP contribution in [0, 0.1) is 0 Å². The summed E-state index contributed by atoms with van der Waals surface area (Å²) in [6.45, 7) is 0.345. The van der Waals surface area contributed by atoms with Gasteiger partial charge in [0, 0.05) is 7.05 Å². The fourth-order valence-corrected chi connectivity index (χ4v) is 1.64.